The second kappa shape index (κ2) is 5.80. The van der Waals surface area contributed by atoms with Crippen molar-refractivity contribution in [3.05, 3.63) is 29.3 Å². The normalized spacial score (nSPS) is 9.00. The molecule has 5 heteroatoms. The molecule has 0 heterocycles. The number of halogens is 1. The van der Waals surface area contributed by atoms with Crippen LogP contribution in [0.1, 0.15) is 11.1 Å². The number of aryl methyl sites for hydroxylation is 1. The van der Waals surface area contributed by atoms with Crippen molar-refractivity contribution >= 4 is 35.4 Å². The minimum Gasteiger partial charge on any atom is -0.392 e. The van der Waals surface area contributed by atoms with Gasteiger partial charge >= 0.3 is 0 Å². The highest BCUT2D eigenvalue weighted by Crippen LogP contribution is 2.16. The lowest BCUT2D eigenvalue weighted by atomic mass is 10.1. The van der Waals surface area contributed by atoms with E-state index in [9.17, 15) is 0 Å². The first-order chi connectivity index (χ1) is 6.13. The molecule has 0 aliphatic rings. The molecular formula is C9H13ClN2OS. The fourth-order valence-electron chi connectivity index (χ4n) is 1.11. The fourth-order valence-corrected chi connectivity index (χ4v) is 1.22. The Labute approximate surface area is 94.7 Å². The molecule has 4 N–H and O–H groups in total. The first-order valence-electron chi connectivity index (χ1n) is 3.90. The second-order valence-electron chi connectivity index (χ2n) is 2.81. The zero-order chi connectivity index (χ0) is 9.84. The molecular weight excluding hydrogens is 220 g/mol. The molecule has 0 amide bonds. The second-order valence-corrected chi connectivity index (χ2v) is 3.25. The van der Waals surface area contributed by atoms with Crippen LogP contribution in [-0.4, -0.2) is 10.2 Å². The summed E-state index contributed by atoms with van der Waals surface area (Å²) in [6.07, 6.45) is 0. The molecule has 0 radical (unpaired) electrons. The monoisotopic (exact) mass is 232 g/mol. The highest BCUT2D eigenvalue weighted by molar-refractivity contribution is 7.80. The molecule has 0 spiro atoms. The van der Waals surface area contributed by atoms with Crippen LogP contribution in [0.5, 0.6) is 0 Å². The third kappa shape index (κ3) is 3.49. The van der Waals surface area contributed by atoms with Gasteiger partial charge in [0, 0.05) is 11.3 Å². The molecule has 0 saturated carbocycles. The summed E-state index contributed by atoms with van der Waals surface area (Å²) in [6.45, 7) is 1.94. The van der Waals surface area contributed by atoms with Crippen LogP contribution in [0.25, 0.3) is 0 Å². The Bertz CT molecular complexity index is 331. The Balaban J connectivity index is 0.00000169. The summed E-state index contributed by atoms with van der Waals surface area (Å²) in [4.78, 5) is 0. The van der Waals surface area contributed by atoms with E-state index in [2.05, 4.69) is 5.32 Å². The van der Waals surface area contributed by atoms with Gasteiger partial charge in [0.2, 0.25) is 0 Å². The zero-order valence-electron chi connectivity index (χ0n) is 7.78. The number of aliphatic hydroxyl groups is 1. The highest BCUT2D eigenvalue weighted by atomic mass is 35.5. The third-order valence-corrected chi connectivity index (χ3v) is 1.79. The molecule has 0 bridgehead atoms. The summed E-state index contributed by atoms with van der Waals surface area (Å²) < 4.78 is 0. The van der Waals surface area contributed by atoms with Gasteiger partial charge in [-0.15, -0.1) is 12.4 Å². The van der Waals surface area contributed by atoms with E-state index in [0.29, 0.717) is 0 Å². The smallest absolute Gasteiger partial charge is 0.168 e. The van der Waals surface area contributed by atoms with Crippen molar-refractivity contribution in [1.82, 2.24) is 0 Å². The number of hydrogen-bond donors (Lipinski definition) is 3. The zero-order valence-corrected chi connectivity index (χ0v) is 9.41. The van der Waals surface area contributed by atoms with E-state index in [1.807, 2.05) is 25.1 Å². The predicted molar refractivity (Wildman–Crippen MR) is 64.8 cm³/mol. The van der Waals surface area contributed by atoms with Crippen LogP contribution >= 0.6 is 24.6 Å². The van der Waals surface area contributed by atoms with Gasteiger partial charge in [0.1, 0.15) is 0 Å². The van der Waals surface area contributed by atoms with Crippen LogP contribution in [0.4, 0.5) is 5.69 Å². The molecule has 1 aromatic carbocycles. The van der Waals surface area contributed by atoms with Gasteiger partial charge in [0.25, 0.3) is 0 Å². The first kappa shape index (κ1) is 13.2. The Morgan fingerprint density at radius 2 is 2.21 bits per heavy atom. The predicted octanol–water partition coefficient (Wildman–Crippen LogP) is 1.56. The van der Waals surface area contributed by atoms with Gasteiger partial charge in [-0.2, -0.15) is 0 Å². The Kier molecular flexibility index (Phi) is 5.45. The summed E-state index contributed by atoms with van der Waals surface area (Å²) in [5.41, 5.74) is 7.98. The van der Waals surface area contributed by atoms with Gasteiger partial charge in [-0.25, -0.2) is 0 Å². The molecule has 0 atom stereocenters. The largest absolute Gasteiger partial charge is 0.392 e. The molecule has 0 aliphatic heterocycles. The Hall–Kier alpha value is -0.840. The minimum absolute atomic E-state index is 0. The summed E-state index contributed by atoms with van der Waals surface area (Å²) in [7, 11) is 0. The number of thiocarbonyl (C=S) groups is 1. The summed E-state index contributed by atoms with van der Waals surface area (Å²) in [5, 5.41) is 12.0. The molecule has 78 valence electrons. The van der Waals surface area contributed by atoms with Crippen LogP contribution in [-0.2, 0) is 6.61 Å². The lowest BCUT2D eigenvalue weighted by Gasteiger charge is -2.09. The third-order valence-electron chi connectivity index (χ3n) is 1.69. The summed E-state index contributed by atoms with van der Waals surface area (Å²) in [5.74, 6) is 0. The van der Waals surface area contributed by atoms with Crippen molar-refractivity contribution in [1.29, 1.82) is 0 Å². The van der Waals surface area contributed by atoms with Gasteiger partial charge in [-0.05, 0) is 25.2 Å². The van der Waals surface area contributed by atoms with E-state index in [1.165, 1.54) is 0 Å². The van der Waals surface area contributed by atoms with E-state index in [4.69, 9.17) is 23.1 Å². The Morgan fingerprint density at radius 3 is 2.71 bits per heavy atom. The number of nitrogens with one attached hydrogen (secondary N) is 1. The van der Waals surface area contributed by atoms with Gasteiger partial charge in [-0.3, -0.25) is 0 Å². The van der Waals surface area contributed by atoms with E-state index >= 15 is 0 Å². The summed E-state index contributed by atoms with van der Waals surface area (Å²) >= 11 is 4.70. The number of anilines is 1. The molecule has 0 aliphatic carbocycles. The first-order valence-corrected chi connectivity index (χ1v) is 4.31. The number of nitrogens with two attached hydrogens (primary N) is 1. The van der Waals surface area contributed by atoms with Gasteiger partial charge in [-0.1, -0.05) is 17.7 Å². The summed E-state index contributed by atoms with van der Waals surface area (Å²) in [6, 6.07) is 5.67. The van der Waals surface area contributed by atoms with Crippen LogP contribution in [0.3, 0.4) is 0 Å². The SMILES string of the molecule is Cc1ccc(NC(N)=S)c(CO)c1.Cl. The number of rotatable bonds is 2. The number of hydrogen-bond acceptors (Lipinski definition) is 2. The molecule has 14 heavy (non-hydrogen) atoms. The van der Waals surface area contributed by atoms with E-state index in [0.717, 1.165) is 16.8 Å². The van der Waals surface area contributed by atoms with Crippen LogP contribution in [0, 0.1) is 6.92 Å². The molecule has 1 rings (SSSR count). The van der Waals surface area contributed by atoms with Crippen molar-refractivity contribution in [2.45, 2.75) is 13.5 Å². The topological polar surface area (TPSA) is 58.3 Å². The molecule has 0 saturated heterocycles. The van der Waals surface area contributed by atoms with Crippen LogP contribution < -0.4 is 11.1 Å². The molecule has 0 unspecified atom stereocenters. The maximum absolute atomic E-state index is 9.03. The fraction of sp³-hybridized carbons (Fsp3) is 0.222. The van der Waals surface area contributed by atoms with E-state index < -0.39 is 0 Å². The molecule has 0 fully saturated rings. The van der Waals surface area contributed by atoms with Crippen molar-refractivity contribution in [3.63, 3.8) is 0 Å². The van der Waals surface area contributed by atoms with E-state index in [1.54, 1.807) is 0 Å². The van der Waals surface area contributed by atoms with Crippen molar-refractivity contribution in [3.8, 4) is 0 Å². The average Bonchev–Trinajstić information content (AvgIpc) is 2.07. The van der Waals surface area contributed by atoms with Crippen molar-refractivity contribution < 1.29 is 5.11 Å². The lowest BCUT2D eigenvalue weighted by Crippen LogP contribution is -2.19. The quantitative estimate of drug-likeness (QED) is 0.678. The van der Waals surface area contributed by atoms with Crippen molar-refractivity contribution in [2.24, 2.45) is 5.73 Å². The molecule has 3 nitrogen and oxygen atoms in total. The molecule has 0 aromatic heterocycles. The van der Waals surface area contributed by atoms with Gasteiger partial charge in [0.05, 0.1) is 6.61 Å². The maximum Gasteiger partial charge on any atom is 0.168 e. The number of aliphatic hydroxyl groups excluding tert-OH is 1. The van der Waals surface area contributed by atoms with Gasteiger partial charge < -0.3 is 16.2 Å². The molecule has 1 aromatic rings. The van der Waals surface area contributed by atoms with Crippen LogP contribution in [0.15, 0.2) is 18.2 Å². The van der Waals surface area contributed by atoms with Gasteiger partial charge in [0.15, 0.2) is 5.11 Å². The lowest BCUT2D eigenvalue weighted by molar-refractivity contribution is 0.282. The average molecular weight is 233 g/mol. The van der Waals surface area contributed by atoms with Crippen molar-refractivity contribution in [2.75, 3.05) is 5.32 Å². The number of benzene rings is 1. The van der Waals surface area contributed by atoms with Crippen LogP contribution in [0.2, 0.25) is 0 Å². The van der Waals surface area contributed by atoms with E-state index in [-0.39, 0.29) is 24.1 Å². The maximum atomic E-state index is 9.03. The Morgan fingerprint density at radius 1 is 1.57 bits per heavy atom. The highest BCUT2D eigenvalue weighted by Gasteiger charge is 2.01. The minimum atomic E-state index is -0.0212. The standard InChI is InChI=1S/C9H12N2OS.ClH/c1-6-2-3-8(11-9(10)13)7(4-6)5-12;/h2-4,12H,5H2,1H3,(H3,10,11,13);1H.